The van der Waals surface area contributed by atoms with Gasteiger partial charge in [-0.3, -0.25) is 4.79 Å². The van der Waals surface area contributed by atoms with Crippen molar-refractivity contribution in [1.82, 2.24) is 15.1 Å². The Morgan fingerprint density at radius 2 is 2.00 bits per heavy atom. The third kappa shape index (κ3) is 5.46. The molecule has 1 aromatic heterocycles. The van der Waals surface area contributed by atoms with Gasteiger partial charge in [-0.1, -0.05) is 6.07 Å². The molecule has 1 N–H and O–H groups in total. The topological polar surface area (TPSA) is 91.7 Å². The van der Waals surface area contributed by atoms with Gasteiger partial charge < -0.3 is 19.5 Å². The van der Waals surface area contributed by atoms with Crippen LogP contribution in [0.4, 0.5) is 13.2 Å². The monoisotopic (exact) mass is 401 g/mol. The maximum absolute atomic E-state index is 12.9. The fourth-order valence-corrected chi connectivity index (χ4v) is 2.15. The highest BCUT2D eigenvalue weighted by Gasteiger charge is 2.31. The molecular formula is C17H18F3N3O5. The van der Waals surface area contributed by atoms with E-state index in [1.54, 1.807) is 0 Å². The first-order valence-electron chi connectivity index (χ1n) is 8.00. The maximum Gasteiger partial charge on any atom is 0.416 e. The zero-order valence-electron chi connectivity index (χ0n) is 15.1. The lowest BCUT2D eigenvalue weighted by Crippen LogP contribution is -2.31. The Morgan fingerprint density at radius 1 is 1.25 bits per heavy atom. The fraction of sp³-hybridized carbons (Fsp3) is 0.353. The van der Waals surface area contributed by atoms with Crippen molar-refractivity contribution in [2.75, 3.05) is 34.0 Å². The Bertz CT molecular complexity index is 836. The zero-order valence-corrected chi connectivity index (χ0v) is 15.1. The second-order valence-corrected chi connectivity index (χ2v) is 5.46. The van der Waals surface area contributed by atoms with Crippen LogP contribution in [-0.2, 0) is 20.4 Å². The number of nitrogens with one attached hydrogen (secondary N) is 1. The lowest BCUT2D eigenvalue weighted by atomic mass is 10.2. The van der Waals surface area contributed by atoms with Crippen LogP contribution in [-0.4, -0.2) is 55.6 Å². The lowest BCUT2D eigenvalue weighted by Gasteiger charge is -2.08. The smallest absolute Gasteiger partial charge is 0.416 e. The van der Waals surface area contributed by atoms with Crippen molar-refractivity contribution in [3.05, 3.63) is 41.7 Å². The number of carbonyl (C=O) groups excluding carboxylic acids is 2. The standard InChI is InChI=1S/C17H18F3N3O5/c1-26-7-6-21-14(24)10-28-16(25)15-13(27-2)9-23(22-15)12-5-3-4-11(8-12)17(18,19)20/h3-5,8-9H,6-7,10H2,1-2H3,(H,21,24). The molecule has 0 saturated carbocycles. The molecule has 0 unspecified atom stereocenters. The average Bonchev–Trinajstić information content (AvgIpc) is 3.10. The van der Waals surface area contributed by atoms with E-state index in [9.17, 15) is 22.8 Å². The SMILES string of the molecule is COCCNC(=O)COC(=O)c1nn(-c2cccc(C(F)(F)F)c2)cc1OC. The number of rotatable bonds is 8. The molecule has 0 aliphatic carbocycles. The number of aromatic nitrogens is 2. The van der Waals surface area contributed by atoms with Crippen LogP contribution in [0.1, 0.15) is 16.1 Å². The number of halogens is 3. The van der Waals surface area contributed by atoms with Crippen LogP contribution in [0.2, 0.25) is 0 Å². The van der Waals surface area contributed by atoms with Crippen LogP contribution in [0.5, 0.6) is 5.75 Å². The van der Waals surface area contributed by atoms with Crippen LogP contribution in [0, 0.1) is 0 Å². The molecule has 2 rings (SSSR count). The van der Waals surface area contributed by atoms with Crippen LogP contribution >= 0.6 is 0 Å². The summed E-state index contributed by atoms with van der Waals surface area (Å²) in [7, 11) is 2.74. The third-order valence-corrected chi connectivity index (χ3v) is 3.49. The van der Waals surface area contributed by atoms with Gasteiger partial charge in [-0.25, -0.2) is 9.48 Å². The first kappa shape index (κ1) is 21.2. The van der Waals surface area contributed by atoms with Gasteiger partial charge in [0.15, 0.2) is 12.4 Å². The van der Waals surface area contributed by atoms with Crippen molar-refractivity contribution in [2.24, 2.45) is 0 Å². The molecule has 2 aromatic rings. The van der Waals surface area contributed by atoms with Gasteiger partial charge in [-0.15, -0.1) is 0 Å². The minimum absolute atomic E-state index is 0.0118. The molecule has 0 bridgehead atoms. The molecular weight excluding hydrogens is 383 g/mol. The Labute approximate surface area is 158 Å². The van der Waals surface area contributed by atoms with Gasteiger partial charge in [-0.05, 0) is 18.2 Å². The van der Waals surface area contributed by atoms with Crippen LogP contribution in [0.3, 0.4) is 0 Å². The molecule has 8 nitrogen and oxygen atoms in total. The minimum Gasteiger partial charge on any atom is -0.493 e. The van der Waals surface area contributed by atoms with Crippen LogP contribution in [0.15, 0.2) is 30.5 Å². The highest BCUT2D eigenvalue weighted by atomic mass is 19.4. The summed E-state index contributed by atoms with van der Waals surface area (Å²) in [6.07, 6.45) is -3.28. The number of benzene rings is 1. The molecule has 1 heterocycles. The number of hydrogen-bond donors (Lipinski definition) is 1. The second kappa shape index (κ2) is 9.22. The quantitative estimate of drug-likeness (QED) is 0.536. The van der Waals surface area contributed by atoms with E-state index in [0.29, 0.717) is 6.61 Å². The van der Waals surface area contributed by atoms with Crippen molar-refractivity contribution in [1.29, 1.82) is 0 Å². The first-order valence-corrected chi connectivity index (χ1v) is 8.00. The number of ether oxygens (including phenoxy) is 3. The molecule has 1 amide bonds. The number of alkyl halides is 3. The van der Waals surface area contributed by atoms with Crippen molar-refractivity contribution >= 4 is 11.9 Å². The molecule has 11 heteroatoms. The number of esters is 1. The van der Waals surface area contributed by atoms with E-state index >= 15 is 0 Å². The first-order chi connectivity index (χ1) is 13.3. The van der Waals surface area contributed by atoms with E-state index in [-0.39, 0.29) is 23.7 Å². The summed E-state index contributed by atoms with van der Waals surface area (Å²) in [4.78, 5) is 23.7. The highest BCUT2D eigenvalue weighted by molar-refractivity contribution is 5.92. The Kier molecular flexibility index (Phi) is 6.99. The number of amides is 1. The molecule has 0 radical (unpaired) electrons. The third-order valence-electron chi connectivity index (χ3n) is 3.49. The minimum atomic E-state index is -4.52. The van der Waals surface area contributed by atoms with Crippen LogP contribution in [0.25, 0.3) is 5.69 Å². The number of hydrogen-bond acceptors (Lipinski definition) is 6. The van der Waals surface area contributed by atoms with Gasteiger partial charge in [0.05, 0.1) is 31.2 Å². The van der Waals surface area contributed by atoms with Gasteiger partial charge in [0.1, 0.15) is 0 Å². The fourth-order valence-electron chi connectivity index (χ4n) is 2.15. The van der Waals surface area contributed by atoms with E-state index in [0.717, 1.165) is 16.8 Å². The molecule has 0 fully saturated rings. The Balaban J connectivity index is 2.14. The van der Waals surface area contributed by atoms with E-state index in [1.807, 2.05) is 0 Å². The lowest BCUT2D eigenvalue weighted by molar-refractivity contribution is -0.137. The molecule has 152 valence electrons. The predicted octanol–water partition coefficient (Wildman–Crippen LogP) is 1.82. The van der Waals surface area contributed by atoms with Crippen molar-refractivity contribution < 1.29 is 37.0 Å². The second-order valence-electron chi connectivity index (χ2n) is 5.46. The van der Waals surface area contributed by atoms with Gasteiger partial charge in [0.2, 0.25) is 5.69 Å². The van der Waals surface area contributed by atoms with E-state index < -0.39 is 30.2 Å². The van der Waals surface area contributed by atoms with Crippen LogP contribution < -0.4 is 10.1 Å². The molecule has 28 heavy (non-hydrogen) atoms. The van der Waals surface area contributed by atoms with E-state index in [1.165, 1.54) is 32.5 Å². The van der Waals surface area contributed by atoms with Gasteiger partial charge in [0.25, 0.3) is 5.91 Å². The highest BCUT2D eigenvalue weighted by Crippen LogP contribution is 2.30. The van der Waals surface area contributed by atoms with Gasteiger partial charge in [-0.2, -0.15) is 18.3 Å². The number of methoxy groups -OCH3 is 2. The van der Waals surface area contributed by atoms with E-state index in [4.69, 9.17) is 14.2 Å². The molecule has 0 saturated heterocycles. The van der Waals surface area contributed by atoms with Crippen molar-refractivity contribution in [3.8, 4) is 11.4 Å². The summed E-state index contributed by atoms with van der Waals surface area (Å²) < 4.78 is 54.3. The summed E-state index contributed by atoms with van der Waals surface area (Å²) in [6, 6.07) is 4.40. The van der Waals surface area contributed by atoms with Gasteiger partial charge >= 0.3 is 12.1 Å². The molecule has 0 aliphatic rings. The predicted molar refractivity (Wildman–Crippen MR) is 90.3 cm³/mol. The summed E-state index contributed by atoms with van der Waals surface area (Å²) in [5, 5.41) is 6.39. The maximum atomic E-state index is 12.9. The van der Waals surface area contributed by atoms with Gasteiger partial charge in [0, 0.05) is 13.7 Å². The normalized spacial score (nSPS) is 11.2. The van der Waals surface area contributed by atoms with Crippen molar-refractivity contribution in [2.45, 2.75) is 6.18 Å². The zero-order chi connectivity index (χ0) is 20.7. The van der Waals surface area contributed by atoms with Crippen molar-refractivity contribution in [3.63, 3.8) is 0 Å². The molecule has 0 spiro atoms. The molecule has 0 atom stereocenters. The summed E-state index contributed by atoms with van der Waals surface area (Å²) in [5.74, 6) is -1.51. The number of nitrogens with zero attached hydrogens (tertiary/aromatic N) is 2. The molecule has 1 aromatic carbocycles. The summed E-state index contributed by atoms with van der Waals surface area (Å²) >= 11 is 0. The Morgan fingerprint density at radius 3 is 2.64 bits per heavy atom. The van der Waals surface area contributed by atoms with E-state index in [2.05, 4.69) is 10.4 Å². The largest absolute Gasteiger partial charge is 0.493 e. The Hall–Kier alpha value is -3.08. The summed E-state index contributed by atoms with van der Waals surface area (Å²) in [5.41, 5.74) is -1.06. The average molecular weight is 401 g/mol. The number of carbonyl (C=O) groups is 2. The summed E-state index contributed by atoms with van der Waals surface area (Å²) in [6.45, 7) is -0.00258. The molecule has 0 aliphatic heterocycles.